The van der Waals surface area contributed by atoms with E-state index in [2.05, 4.69) is 43.3 Å². The number of aliphatic hydroxyl groups excluding tert-OH is 1. The predicted molar refractivity (Wildman–Crippen MR) is 141 cm³/mol. The van der Waals surface area contributed by atoms with Gasteiger partial charge in [0.15, 0.2) is 0 Å². The van der Waals surface area contributed by atoms with E-state index in [1.807, 2.05) is 37.1 Å². The van der Waals surface area contributed by atoms with Crippen molar-refractivity contribution in [2.45, 2.75) is 13.5 Å². The van der Waals surface area contributed by atoms with Gasteiger partial charge in [-0.1, -0.05) is 6.07 Å². The fourth-order valence-electron chi connectivity index (χ4n) is 4.49. The summed E-state index contributed by atoms with van der Waals surface area (Å²) in [6, 6.07) is 12.2. The van der Waals surface area contributed by atoms with Crippen LogP contribution < -0.4 is 20.0 Å². The highest BCUT2D eigenvalue weighted by Crippen LogP contribution is 2.31. The van der Waals surface area contributed by atoms with Crippen LogP contribution in [0.5, 0.6) is 0 Å². The van der Waals surface area contributed by atoms with E-state index in [1.54, 1.807) is 6.20 Å². The van der Waals surface area contributed by atoms with Crippen molar-refractivity contribution in [2.24, 2.45) is 0 Å². The number of hydrogen-bond acceptors (Lipinski definition) is 10. The molecule has 5 rings (SSSR count). The van der Waals surface area contributed by atoms with Gasteiger partial charge in [0.25, 0.3) is 0 Å². The first-order valence-corrected chi connectivity index (χ1v) is 12.3. The zero-order chi connectivity index (χ0) is 24.9. The topological polar surface area (TPSA) is 99.1 Å². The Kier molecular flexibility index (Phi) is 7.45. The Morgan fingerprint density at radius 2 is 1.56 bits per heavy atom. The third-order valence-corrected chi connectivity index (χ3v) is 6.50. The summed E-state index contributed by atoms with van der Waals surface area (Å²) in [5, 5.41) is 12.9. The van der Waals surface area contributed by atoms with Crippen molar-refractivity contribution in [3.8, 4) is 0 Å². The van der Waals surface area contributed by atoms with Crippen LogP contribution in [-0.4, -0.2) is 79.7 Å². The number of aromatic nitrogens is 3. The van der Waals surface area contributed by atoms with Crippen LogP contribution in [0.1, 0.15) is 11.3 Å². The summed E-state index contributed by atoms with van der Waals surface area (Å²) >= 11 is 0. The van der Waals surface area contributed by atoms with Crippen LogP contribution in [0.2, 0.25) is 0 Å². The van der Waals surface area contributed by atoms with Gasteiger partial charge in [0.05, 0.1) is 38.7 Å². The summed E-state index contributed by atoms with van der Waals surface area (Å²) in [6.07, 6.45) is 1.74. The van der Waals surface area contributed by atoms with Crippen molar-refractivity contribution >= 4 is 34.6 Å². The first-order valence-electron chi connectivity index (χ1n) is 12.3. The minimum Gasteiger partial charge on any atom is -0.390 e. The Morgan fingerprint density at radius 1 is 0.917 bits per heavy atom. The van der Waals surface area contributed by atoms with Gasteiger partial charge in [0.2, 0.25) is 5.95 Å². The van der Waals surface area contributed by atoms with Gasteiger partial charge in [0.1, 0.15) is 11.6 Å². The second-order valence-electron chi connectivity index (χ2n) is 8.96. The van der Waals surface area contributed by atoms with Gasteiger partial charge in [0, 0.05) is 56.5 Å². The fraction of sp³-hybridized carbons (Fsp3) is 0.423. The first kappa shape index (κ1) is 24.2. The van der Waals surface area contributed by atoms with Crippen LogP contribution >= 0.6 is 0 Å². The van der Waals surface area contributed by atoms with Crippen molar-refractivity contribution in [2.75, 3.05) is 79.7 Å². The SMILES string of the molecule is Cc1ccc(CO)nc1N(C)c1ccnc(Nc2cc(N3CCOCC3)cc(N3CCOCC3)c2)n1. The standard InChI is InChI=1S/C26H33N7O3/c1-19-3-4-20(18-34)28-25(19)31(2)24-5-6-27-26(30-24)29-21-15-22(32-7-11-35-12-8-32)17-23(16-21)33-9-13-36-14-10-33/h3-6,15-17,34H,7-14,18H2,1-2H3,(H,27,29,30). The monoisotopic (exact) mass is 491 g/mol. The molecule has 2 aliphatic heterocycles. The number of ether oxygens (including phenoxy) is 2. The number of hydrogen-bond donors (Lipinski definition) is 2. The average Bonchev–Trinajstić information content (AvgIpc) is 2.94. The summed E-state index contributed by atoms with van der Waals surface area (Å²) in [4.78, 5) is 20.4. The molecule has 0 spiro atoms. The number of pyridine rings is 1. The van der Waals surface area contributed by atoms with Crippen LogP contribution in [0.15, 0.2) is 42.6 Å². The van der Waals surface area contributed by atoms with Gasteiger partial charge in [-0.15, -0.1) is 0 Å². The molecule has 0 amide bonds. The Hall–Kier alpha value is -3.47. The highest BCUT2D eigenvalue weighted by Gasteiger charge is 2.18. The molecule has 2 fully saturated rings. The van der Waals surface area contributed by atoms with E-state index in [1.165, 1.54) is 0 Å². The molecule has 2 saturated heterocycles. The lowest BCUT2D eigenvalue weighted by Crippen LogP contribution is -2.38. The fourth-order valence-corrected chi connectivity index (χ4v) is 4.49. The van der Waals surface area contributed by atoms with Gasteiger partial charge in [-0.25, -0.2) is 9.97 Å². The molecule has 0 radical (unpaired) electrons. The van der Waals surface area contributed by atoms with E-state index in [0.29, 0.717) is 17.5 Å². The van der Waals surface area contributed by atoms with Crippen molar-refractivity contribution in [1.29, 1.82) is 0 Å². The Balaban J connectivity index is 1.43. The molecule has 0 bridgehead atoms. The average molecular weight is 492 g/mol. The van der Waals surface area contributed by atoms with Crippen LogP contribution in [0.4, 0.5) is 34.6 Å². The lowest BCUT2D eigenvalue weighted by molar-refractivity contribution is 0.122. The molecule has 4 heterocycles. The molecule has 10 heteroatoms. The van der Waals surface area contributed by atoms with E-state index in [4.69, 9.17) is 14.5 Å². The summed E-state index contributed by atoms with van der Waals surface area (Å²) in [5.74, 6) is 1.95. The summed E-state index contributed by atoms with van der Waals surface area (Å²) in [5.41, 5.74) is 4.84. The lowest BCUT2D eigenvalue weighted by Gasteiger charge is -2.33. The third kappa shape index (κ3) is 5.51. The van der Waals surface area contributed by atoms with Gasteiger partial charge < -0.3 is 34.6 Å². The largest absolute Gasteiger partial charge is 0.390 e. The van der Waals surface area contributed by atoms with Gasteiger partial charge in [-0.05, 0) is 42.8 Å². The zero-order valence-electron chi connectivity index (χ0n) is 20.9. The molecule has 2 aliphatic rings. The molecule has 2 aromatic heterocycles. The number of rotatable bonds is 7. The third-order valence-electron chi connectivity index (χ3n) is 6.50. The van der Waals surface area contributed by atoms with E-state index >= 15 is 0 Å². The molecule has 0 aliphatic carbocycles. The molecule has 1 aromatic carbocycles. The Bertz CT molecular complexity index is 1140. The molecule has 0 saturated carbocycles. The molecule has 3 aromatic rings. The minimum absolute atomic E-state index is 0.108. The smallest absolute Gasteiger partial charge is 0.229 e. The number of aliphatic hydroxyl groups is 1. The van der Waals surface area contributed by atoms with E-state index in [-0.39, 0.29) is 6.61 Å². The van der Waals surface area contributed by atoms with Crippen LogP contribution in [0, 0.1) is 6.92 Å². The number of benzene rings is 1. The maximum atomic E-state index is 9.51. The molecule has 0 unspecified atom stereocenters. The highest BCUT2D eigenvalue weighted by molar-refractivity contribution is 5.72. The molecule has 0 atom stereocenters. The summed E-state index contributed by atoms with van der Waals surface area (Å²) < 4.78 is 11.1. The van der Waals surface area contributed by atoms with Crippen molar-refractivity contribution in [3.05, 3.63) is 53.9 Å². The number of nitrogens with one attached hydrogen (secondary N) is 1. The summed E-state index contributed by atoms with van der Waals surface area (Å²) in [7, 11) is 1.91. The second-order valence-corrected chi connectivity index (χ2v) is 8.96. The minimum atomic E-state index is -0.108. The molecule has 190 valence electrons. The summed E-state index contributed by atoms with van der Waals surface area (Å²) in [6.45, 7) is 8.25. The lowest BCUT2D eigenvalue weighted by atomic mass is 10.2. The van der Waals surface area contributed by atoms with E-state index < -0.39 is 0 Å². The Morgan fingerprint density at radius 3 is 2.17 bits per heavy atom. The van der Waals surface area contributed by atoms with Crippen LogP contribution in [-0.2, 0) is 16.1 Å². The van der Waals surface area contributed by atoms with E-state index in [9.17, 15) is 5.11 Å². The maximum Gasteiger partial charge on any atom is 0.229 e. The van der Waals surface area contributed by atoms with Crippen LogP contribution in [0.25, 0.3) is 0 Å². The molecule has 36 heavy (non-hydrogen) atoms. The number of nitrogens with zero attached hydrogens (tertiary/aromatic N) is 6. The normalized spacial score (nSPS) is 16.2. The second kappa shape index (κ2) is 11.1. The van der Waals surface area contributed by atoms with Gasteiger partial charge in [-0.2, -0.15) is 4.98 Å². The highest BCUT2D eigenvalue weighted by atomic mass is 16.5. The zero-order valence-corrected chi connectivity index (χ0v) is 20.9. The van der Waals surface area contributed by atoms with Gasteiger partial charge in [-0.3, -0.25) is 0 Å². The number of aryl methyl sites for hydroxylation is 1. The van der Waals surface area contributed by atoms with Crippen LogP contribution in [0.3, 0.4) is 0 Å². The predicted octanol–water partition coefficient (Wildman–Crippen LogP) is 2.86. The number of morpholine rings is 2. The molecule has 2 N–H and O–H groups in total. The van der Waals surface area contributed by atoms with Crippen molar-refractivity contribution < 1.29 is 14.6 Å². The quantitative estimate of drug-likeness (QED) is 0.513. The molecular weight excluding hydrogens is 458 g/mol. The van der Waals surface area contributed by atoms with Gasteiger partial charge >= 0.3 is 0 Å². The van der Waals surface area contributed by atoms with Crippen molar-refractivity contribution in [3.63, 3.8) is 0 Å². The number of anilines is 6. The molecular formula is C26H33N7O3. The van der Waals surface area contributed by atoms with E-state index in [0.717, 1.165) is 81.1 Å². The maximum absolute atomic E-state index is 9.51. The Labute approximate surface area is 211 Å². The van der Waals surface area contributed by atoms with Crippen molar-refractivity contribution in [1.82, 2.24) is 15.0 Å². The first-order chi connectivity index (χ1) is 17.6. The molecule has 10 nitrogen and oxygen atoms in total.